The van der Waals surface area contributed by atoms with Crippen LogP contribution in [0, 0.1) is 0 Å². The number of benzene rings is 1. The molecular formula is C12H14IN3O3. The van der Waals surface area contributed by atoms with Crippen molar-refractivity contribution in [1.29, 1.82) is 0 Å². The first kappa shape index (κ1) is 14.1. The summed E-state index contributed by atoms with van der Waals surface area (Å²) in [6.45, 7) is 0.748. The highest BCUT2D eigenvalue weighted by Gasteiger charge is 2.13. The molecular weight excluding hydrogens is 361 g/mol. The van der Waals surface area contributed by atoms with Gasteiger partial charge in [-0.3, -0.25) is 9.79 Å². The number of alkyl halides is 1. The smallest absolute Gasteiger partial charge is 0.195 e. The van der Waals surface area contributed by atoms with Crippen molar-refractivity contribution in [3.8, 4) is 5.75 Å². The fourth-order valence-electron chi connectivity index (χ4n) is 1.67. The molecule has 0 saturated carbocycles. The lowest BCUT2D eigenvalue weighted by Crippen LogP contribution is -2.42. The number of guanidine groups is 1. The van der Waals surface area contributed by atoms with Crippen molar-refractivity contribution in [2.45, 2.75) is 6.10 Å². The van der Waals surface area contributed by atoms with Gasteiger partial charge in [0.05, 0.1) is 17.1 Å². The van der Waals surface area contributed by atoms with E-state index in [1.165, 1.54) is 12.1 Å². The molecule has 0 bridgehead atoms. The Kier molecular flexibility index (Phi) is 4.59. The molecule has 0 fully saturated rings. The van der Waals surface area contributed by atoms with E-state index in [0.717, 1.165) is 0 Å². The Morgan fingerprint density at radius 3 is 2.95 bits per heavy atom. The highest BCUT2D eigenvalue weighted by molar-refractivity contribution is 14.1. The normalized spacial score (nSPS) is 18.4. The summed E-state index contributed by atoms with van der Waals surface area (Å²) >= 11 is 1.98. The second kappa shape index (κ2) is 6.20. The number of hydrogen-bond donors (Lipinski definition) is 4. The predicted molar refractivity (Wildman–Crippen MR) is 81.3 cm³/mol. The monoisotopic (exact) mass is 375 g/mol. The fraction of sp³-hybridized carbons (Fsp3) is 0.333. The number of nitrogens with one attached hydrogen (secondary N) is 2. The molecule has 0 radical (unpaired) electrons. The number of aliphatic hydroxyl groups excluding tert-OH is 1. The van der Waals surface area contributed by atoms with Gasteiger partial charge in [-0.15, -0.1) is 0 Å². The van der Waals surface area contributed by atoms with E-state index in [1.54, 1.807) is 6.07 Å². The summed E-state index contributed by atoms with van der Waals surface area (Å²) in [6.07, 6.45) is -0.481. The zero-order valence-corrected chi connectivity index (χ0v) is 12.2. The first-order valence-electron chi connectivity index (χ1n) is 5.75. The van der Waals surface area contributed by atoms with E-state index in [1.807, 2.05) is 22.6 Å². The molecule has 4 N–H and O–H groups in total. The molecule has 2 rings (SSSR count). The third kappa shape index (κ3) is 3.80. The summed E-state index contributed by atoms with van der Waals surface area (Å²) in [6, 6.07) is 4.61. The molecule has 0 saturated heterocycles. The van der Waals surface area contributed by atoms with Crippen molar-refractivity contribution in [3.05, 3.63) is 23.8 Å². The lowest BCUT2D eigenvalue weighted by atomic mass is 10.1. The van der Waals surface area contributed by atoms with Crippen LogP contribution >= 0.6 is 22.6 Å². The zero-order valence-electron chi connectivity index (χ0n) is 10.1. The lowest BCUT2D eigenvalue weighted by Gasteiger charge is -2.20. The molecule has 7 heteroatoms. The number of phenolic OH excluding ortho intramolecular Hbond substituents is 1. The van der Waals surface area contributed by atoms with E-state index >= 15 is 0 Å². The Hall–Kier alpha value is -1.35. The van der Waals surface area contributed by atoms with Gasteiger partial charge in [-0.1, -0.05) is 22.6 Å². The van der Waals surface area contributed by atoms with Crippen LogP contribution in [0.2, 0.25) is 0 Å². The Labute approximate surface area is 124 Å². The summed E-state index contributed by atoms with van der Waals surface area (Å²) < 4.78 is 0.353. The molecule has 1 aromatic carbocycles. The molecule has 1 aliphatic rings. The van der Waals surface area contributed by atoms with Crippen LogP contribution < -0.4 is 10.6 Å². The summed E-state index contributed by atoms with van der Waals surface area (Å²) in [5, 5.41) is 24.8. The number of aliphatic hydroxyl groups is 1. The average molecular weight is 375 g/mol. The number of hydrogen-bond acceptors (Lipinski definition) is 6. The van der Waals surface area contributed by atoms with Crippen LogP contribution in [0.15, 0.2) is 23.2 Å². The fourth-order valence-corrected chi connectivity index (χ4v) is 2.11. The number of Topliss-reactive ketones (excluding diaryl/α,β-unsaturated/α-hetero) is 1. The largest absolute Gasteiger partial charge is 0.508 e. The second-order valence-electron chi connectivity index (χ2n) is 4.17. The molecule has 19 heavy (non-hydrogen) atoms. The average Bonchev–Trinajstić information content (AvgIpc) is 2.40. The van der Waals surface area contributed by atoms with Crippen molar-refractivity contribution in [3.63, 3.8) is 0 Å². The maximum absolute atomic E-state index is 11.6. The van der Waals surface area contributed by atoms with Crippen molar-refractivity contribution in [2.24, 2.45) is 4.99 Å². The Morgan fingerprint density at radius 1 is 1.53 bits per heavy atom. The number of anilines is 1. The SMILES string of the molecule is O=C(CI)c1cc(O)cc(NC2=NCC(O)CN2)c1. The topological polar surface area (TPSA) is 94.0 Å². The number of aromatic hydroxyl groups is 1. The van der Waals surface area contributed by atoms with Gasteiger partial charge in [-0.2, -0.15) is 0 Å². The number of aliphatic imine (C=N–C) groups is 1. The van der Waals surface area contributed by atoms with Crippen molar-refractivity contribution in [2.75, 3.05) is 22.8 Å². The van der Waals surface area contributed by atoms with Gasteiger partial charge in [0, 0.05) is 23.9 Å². The number of ketones is 1. The van der Waals surface area contributed by atoms with Crippen molar-refractivity contribution in [1.82, 2.24) is 5.32 Å². The minimum Gasteiger partial charge on any atom is -0.508 e. The van der Waals surface area contributed by atoms with Crippen LogP contribution in [0.1, 0.15) is 10.4 Å². The van der Waals surface area contributed by atoms with E-state index in [2.05, 4.69) is 15.6 Å². The van der Waals surface area contributed by atoms with Crippen LogP contribution in [-0.2, 0) is 0 Å². The molecule has 0 aliphatic carbocycles. The maximum atomic E-state index is 11.6. The van der Waals surface area contributed by atoms with Crippen LogP contribution in [-0.4, -0.2) is 45.6 Å². The van der Waals surface area contributed by atoms with Gasteiger partial charge >= 0.3 is 0 Å². The summed E-state index contributed by atoms with van der Waals surface area (Å²) in [4.78, 5) is 15.7. The van der Waals surface area contributed by atoms with E-state index < -0.39 is 6.10 Å². The van der Waals surface area contributed by atoms with Crippen molar-refractivity contribution < 1.29 is 15.0 Å². The molecule has 102 valence electrons. The van der Waals surface area contributed by atoms with E-state index in [4.69, 9.17) is 0 Å². The third-order valence-corrected chi connectivity index (χ3v) is 3.28. The molecule has 0 aromatic heterocycles. The maximum Gasteiger partial charge on any atom is 0.195 e. The molecule has 0 amide bonds. The van der Waals surface area contributed by atoms with Gasteiger partial charge in [0.25, 0.3) is 0 Å². The Morgan fingerprint density at radius 2 is 2.32 bits per heavy atom. The zero-order chi connectivity index (χ0) is 13.8. The van der Waals surface area contributed by atoms with Crippen LogP contribution in [0.5, 0.6) is 5.75 Å². The quantitative estimate of drug-likeness (QED) is 0.355. The molecule has 1 heterocycles. The Bertz CT molecular complexity index is 519. The Balaban J connectivity index is 2.16. The van der Waals surface area contributed by atoms with E-state index in [0.29, 0.717) is 34.7 Å². The number of phenols is 1. The van der Waals surface area contributed by atoms with Crippen LogP contribution in [0.4, 0.5) is 5.69 Å². The summed E-state index contributed by atoms with van der Waals surface area (Å²) in [7, 11) is 0. The highest BCUT2D eigenvalue weighted by atomic mass is 127. The summed E-state index contributed by atoms with van der Waals surface area (Å²) in [5.41, 5.74) is 1.03. The lowest BCUT2D eigenvalue weighted by molar-refractivity contribution is 0.102. The highest BCUT2D eigenvalue weighted by Crippen LogP contribution is 2.20. The third-order valence-electron chi connectivity index (χ3n) is 2.59. The number of nitrogens with zero attached hydrogens (tertiary/aromatic N) is 1. The molecule has 1 unspecified atom stereocenters. The van der Waals surface area contributed by atoms with Gasteiger partial charge in [0.15, 0.2) is 11.7 Å². The van der Waals surface area contributed by atoms with E-state index in [9.17, 15) is 15.0 Å². The molecule has 6 nitrogen and oxygen atoms in total. The van der Waals surface area contributed by atoms with Gasteiger partial charge < -0.3 is 20.8 Å². The number of carbonyl (C=O) groups is 1. The first-order valence-corrected chi connectivity index (χ1v) is 7.27. The minimum atomic E-state index is -0.481. The van der Waals surface area contributed by atoms with Crippen molar-refractivity contribution >= 4 is 40.0 Å². The molecule has 1 aliphatic heterocycles. The van der Waals surface area contributed by atoms with Gasteiger partial charge in [-0.05, 0) is 12.1 Å². The number of rotatable bonds is 3. The van der Waals surface area contributed by atoms with E-state index in [-0.39, 0.29) is 11.5 Å². The number of halogens is 1. The molecule has 1 aromatic rings. The molecule has 0 spiro atoms. The number of β-amino-alcohol motifs (C(OH)–C–C–N with tert-alkyl or cyclic N) is 1. The predicted octanol–water partition coefficient (Wildman–Crippen LogP) is 0.742. The first-order chi connectivity index (χ1) is 9.08. The standard InChI is InChI=1S/C12H14IN3O3/c13-4-11(19)7-1-8(3-9(17)2-7)16-12-14-5-10(18)6-15-12/h1-3,10,17-18H,4-6H2,(H2,14,15,16). The molecule has 1 atom stereocenters. The number of carbonyl (C=O) groups excluding carboxylic acids is 1. The van der Waals surface area contributed by atoms with Crippen LogP contribution in [0.3, 0.4) is 0 Å². The minimum absolute atomic E-state index is 0.0228. The second-order valence-corrected chi connectivity index (χ2v) is 4.94. The van der Waals surface area contributed by atoms with Gasteiger partial charge in [-0.25, -0.2) is 0 Å². The summed E-state index contributed by atoms with van der Waals surface area (Å²) in [5.74, 6) is 0.493. The van der Waals surface area contributed by atoms with Gasteiger partial charge in [0.1, 0.15) is 5.75 Å². The van der Waals surface area contributed by atoms with Gasteiger partial charge in [0.2, 0.25) is 0 Å². The van der Waals surface area contributed by atoms with Crippen LogP contribution in [0.25, 0.3) is 0 Å².